The molecular formula is C13H9N3O2. The van der Waals surface area contributed by atoms with Gasteiger partial charge in [-0.3, -0.25) is 15.0 Å². The van der Waals surface area contributed by atoms with Gasteiger partial charge in [0.2, 0.25) is 0 Å². The molecule has 3 aromatic heterocycles. The standard InChI is InChI=1S/C13H9N3O2/c17-13-16-11(9-5-1-3-7-14-9)12(18-13)10-6-2-4-8-15-10/h1-8H,(H,16,17). The number of nitrogens with one attached hydrogen (secondary N) is 1. The molecule has 0 fully saturated rings. The van der Waals surface area contributed by atoms with Gasteiger partial charge in [-0.2, -0.15) is 0 Å². The van der Waals surface area contributed by atoms with Crippen LogP contribution in [0, 0.1) is 0 Å². The predicted molar refractivity (Wildman–Crippen MR) is 65.8 cm³/mol. The lowest BCUT2D eigenvalue weighted by atomic mass is 10.2. The van der Waals surface area contributed by atoms with E-state index >= 15 is 0 Å². The van der Waals surface area contributed by atoms with Crippen LogP contribution in [0.4, 0.5) is 0 Å². The number of rotatable bonds is 2. The lowest BCUT2D eigenvalue weighted by Crippen LogP contribution is -1.95. The molecule has 0 radical (unpaired) electrons. The van der Waals surface area contributed by atoms with Crippen LogP contribution in [0.2, 0.25) is 0 Å². The van der Waals surface area contributed by atoms with Crippen LogP contribution in [0.1, 0.15) is 0 Å². The first-order chi connectivity index (χ1) is 8.84. The molecular weight excluding hydrogens is 230 g/mol. The van der Waals surface area contributed by atoms with E-state index in [9.17, 15) is 4.79 Å². The first kappa shape index (κ1) is 10.5. The van der Waals surface area contributed by atoms with Crippen molar-refractivity contribution >= 4 is 0 Å². The van der Waals surface area contributed by atoms with E-state index in [-0.39, 0.29) is 0 Å². The number of pyridine rings is 2. The summed E-state index contributed by atoms with van der Waals surface area (Å²) in [6.07, 6.45) is 3.30. The van der Waals surface area contributed by atoms with Crippen LogP contribution in [0.5, 0.6) is 0 Å². The average molecular weight is 239 g/mol. The van der Waals surface area contributed by atoms with Crippen LogP contribution in [0.15, 0.2) is 58.0 Å². The maximum Gasteiger partial charge on any atom is 0.417 e. The first-order valence-electron chi connectivity index (χ1n) is 5.40. The number of aromatic amines is 1. The van der Waals surface area contributed by atoms with Gasteiger partial charge in [-0.25, -0.2) is 4.79 Å². The minimum atomic E-state index is -0.517. The minimum absolute atomic E-state index is 0.402. The second-order valence-corrected chi connectivity index (χ2v) is 3.65. The predicted octanol–water partition coefficient (Wildman–Crippen LogP) is 2.09. The van der Waals surface area contributed by atoms with E-state index in [1.807, 2.05) is 18.2 Å². The molecule has 0 unspecified atom stereocenters. The van der Waals surface area contributed by atoms with E-state index in [1.54, 1.807) is 30.6 Å². The number of nitrogens with zero attached hydrogens (tertiary/aromatic N) is 2. The fraction of sp³-hybridized carbons (Fsp3) is 0. The second-order valence-electron chi connectivity index (χ2n) is 3.65. The SMILES string of the molecule is O=c1[nH]c(-c2ccccn2)c(-c2ccccn2)o1. The Morgan fingerprint density at radius 2 is 1.61 bits per heavy atom. The van der Waals surface area contributed by atoms with E-state index in [4.69, 9.17) is 4.42 Å². The highest BCUT2D eigenvalue weighted by Gasteiger charge is 2.15. The van der Waals surface area contributed by atoms with Gasteiger partial charge >= 0.3 is 5.76 Å². The summed E-state index contributed by atoms with van der Waals surface area (Å²) in [5.74, 6) is -0.115. The third-order valence-electron chi connectivity index (χ3n) is 2.47. The van der Waals surface area contributed by atoms with Crippen LogP contribution >= 0.6 is 0 Å². The van der Waals surface area contributed by atoms with Gasteiger partial charge in [0.15, 0.2) is 5.76 Å². The summed E-state index contributed by atoms with van der Waals surface area (Å²) < 4.78 is 5.14. The molecule has 0 saturated heterocycles. The minimum Gasteiger partial charge on any atom is -0.405 e. The number of hydrogen-bond donors (Lipinski definition) is 1. The largest absolute Gasteiger partial charge is 0.417 e. The molecule has 18 heavy (non-hydrogen) atoms. The first-order valence-corrected chi connectivity index (χ1v) is 5.40. The summed E-state index contributed by atoms with van der Waals surface area (Å²) >= 11 is 0. The highest BCUT2D eigenvalue weighted by atomic mass is 16.4. The monoisotopic (exact) mass is 239 g/mol. The van der Waals surface area contributed by atoms with E-state index in [0.29, 0.717) is 22.8 Å². The summed E-state index contributed by atoms with van der Waals surface area (Å²) in [7, 11) is 0. The van der Waals surface area contributed by atoms with Crippen molar-refractivity contribution in [2.24, 2.45) is 0 Å². The van der Waals surface area contributed by atoms with Crippen molar-refractivity contribution in [1.82, 2.24) is 15.0 Å². The van der Waals surface area contributed by atoms with Crippen LogP contribution in [0.3, 0.4) is 0 Å². The third-order valence-corrected chi connectivity index (χ3v) is 2.47. The van der Waals surface area contributed by atoms with E-state index in [2.05, 4.69) is 15.0 Å². The molecule has 0 aliphatic carbocycles. The van der Waals surface area contributed by atoms with Gasteiger partial charge < -0.3 is 4.42 Å². The van der Waals surface area contributed by atoms with Crippen molar-refractivity contribution in [3.05, 3.63) is 59.3 Å². The van der Waals surface area contributed by atoms with Crippen LogP contribution in [-0.4, -0.2) is 15.0 Å². The van der Waals surface area contributed by atoms with Crippen molar-refractivity contribution in [1.29, 1.82) is 0 Å². The Hall–Kier alpha value is -2.69. The molecule has 3 aromatic rings. The van der Waals surface area contributed by atoms with E-state index in [1.165, 1.54) is 0 Å². The fourth-order valence-electron chi connectivity index (χ4n) is 1.70. The quantitative estimate of drug-likeness (QED) is 0.743. The molecule has 3 heterocycles. The second kappa shape index (κ2) is 4.29. The van der Waals surface area contributed by atoms with Crippen molar-refractivity contribution in [2.75, 3.05) is 0 Å². The highest BCUT2D eigenvalue weighted by Crippen LogP contribution is 2.26. The molecule has 0 aromatic carbocycles. The van der Waals surface area contributed by atoms with Crippen LogP contribution in [0.25, 0.3) is 22.8 Å². The Morgan fingerprint density at radius 3 is 2.22 bits per heavy atom. The van der Waals surface area contributed by atoms with Gasteiger partial charge in [0.1, 0.15) is 11.4 Å². The average Bonchev–Trinajstić information content (AvgIpc) is 2.83. The zero-order valence-electron chi connectivity index (χ0n) is 9.33. The Kier molecular flexibility index (Phi) is 2.49. The van der Waals surface area contributed by atoms with Crippen LogP contribution in [-0.2, 0) is 0 Å². The molecule has 0 spiro atoms. The Bertz CT molecular complexity index is 642. The molecule has 3 rings (SSSR count). The smallest absolute Gasteiger partial charge is 0.405 e. The Labute approximate surface area is 102 Å². The zero-order chi connectivity index (χ0) is 12.4. The van der Waals surface area contributed by atoms with Crippen molar-refractivity contribution in [3.8, 4) is 22.8 Å². The van der Waals surface area contributed by atoms with Gasteiger partial charge in [0, 0.05) is 12.4 Å². The maximum absolute atomic E-state index is 11.4. The summed E-state index contributed by atoms with van der Waals surface area (Å²) in [4.78, 5) is 22.4. The number of hydrogen-bond acceptors (Lipinski definition) is 4. The Balaban J connectivity index is 2.21. The molecule has 0 saturated carbocycles. The zero-order valence-corrected chi connectivity index (χ0v) is 9.33. The lowest BCUT2D eigenvalue weighted by molar-refractivity contribution is 0.527. The van der Waals surface area contributed by atoms with E-state index in [0.717, 1.165) is 0 Å². The van der Waals surface area contributed by atoms with E-state index < -0.39 is 5.76 Å². The molecule has 0 amide bonds. The van der Waals surface area contributed by atoms with Gasteiger partial charge in [0.05, 0.1) is 5.69 Å². The van der Waals surface area contributed by atoms with Crippen LogP contribution < -0.4 is 5.76 Å². The highest BCUT2D eigenvalue weighted by molar-refractivity contribution is 5.72. The molecule has 0 bridgehead atoms. The number of H-pyrrole nitrogens is 1. The van der Waals surface area contributed by atoms with Gasteiger partial charge in [-0.05, 0) is 24.3 Å². The van der Waals surface area contributed by atoms with Gasteiger partial charge in [0.25, 0.3) is 0 Å². The summed E-state index contributed by atoms with van der Waals surface area (Å²) in [6, 6.07) is 10.9. The maximum atomic E-state index is 11.4. The Morgan fingerprint density at radius 1 is 0.944 bits per heavy atom. The lowest BCUT2D eigenvalue weighted by Gasteiger charge is -1.99. The third kappa shape index (κ3) is 1.82. The van der Waals surface area contributed by atoms with Crippen molar-refractivity contribution in [2.45, 2.75) is 0 Å². The topological polar surface area (TPSA) is 71.8 Å². The van der Waals surface area contributed by atoms with Gasteiger partial charge in [-0.15, -0.1) is 0 Å². The molecule has 88 valence electrons. The fourth-order valence-corrected chi connectivity index (χ4v) is 1.70. The van der Waals surface area contributed by atoms with Crippen molar-refractivity contribution < 1.29 is 4.42 Å². The molecule has 5 nitrogen and oxygen atoms in total. The molecule has 0 atom stereocenters. The summed E-state index contributed by atoms with van der Waals surface area (Å²) in [5, 5.41) is 0. The molecule has 1 N–H and O–H groups in total. The molecule has 5 heteroatoms. The summed E-state index contributed by atoms with van der Waals surface area (Å²) in [5.41, 5.74) is 1.78. The number of aromatic nitrogens is 3. The molecule has 0 aliphatic rings. The molecule has 0 aliphatic heterocycles. The summed E-state index contributed by atoms with van der Waals surface area (Å²) in [6.45, 7) is 0. The van der Waals surface area contributed by atoms with Crippen molar-refractivity contribution in [3.63, 3.8) is 0 Å². The number of oxazole rings is 1. The normalized spacial score (nSPS) is 10.4. The van der Waals surface area contributed by atoms with Gasteiger partial charge in [-0.1, -0.05) is 12.1 Å².